The molecule has 0 fully saturated rings. The monoisotopic (exact) mass is 324 g/mol. The number of benzene rings is 2. The Morgan fingerprint density at radius 1 is 1.04 bits per heavy atom. The van der Waals surface area contributed by atoms with Crippen LogP contribution in [-0.4, -0.2) is 25.4 Å². The maximum absolute atomic E-state index is 12.1. The molecule has 122 valence electrons. The lowest BCUT2D eigenvalue weighted by atomic mass is 10.0. The molecule has 0 atom stereocenters. The molecule has 0 amide bonds. The summed E-state index contributed by atoms with van der Waals surface area (Å²) in [5, 5.41) is 0. The summed E-state index contributed by atoms with van der Waals surface area (Å²) in [6.45, 7) is 0.836. The van der Waals surface area contributed by atoms with Gasteiger partial charge in [-0.3, -0.25) is 0 Å². The van der Waals surface area contributed by atoms with E-state index in [0.29, 0.717) is 12.2 Å². The highest BCUT2D eigenvalue weighted by atomic mass is 19.4. The number of halogens is 3. The molecule has 0 N–H and O–H groups in total. The number of rotatable bonds is 5. The Morgan fingerprint density at radius 3 is 2.35 bits per heavy atom. The van der Waals surface area contributed by atoms with Crippen LogP contribution in [-0.2, 0) is 4.74 Å². The Labute approximate surface area is 131 Å². The molecule has 0 aliphatic carbocycles. The van der Waals surface area contributed by atoms with E-state index in [1.807, 2.05) is 19.1 Å². The molecule has 3 nitrogen and oxygen atoms in total. The van der Waals surface area contributed by atoms with Crippen molar-refractivity contribution in [1.29, 1.82) is 0 Å². The minimum absolute atomic E-state index is 0.0700. The van der Waals surface area contributed by atoms with Gasteiger partial charge in [-0.05, 0) is 42.3 Å². The number of carbonyl (C=O) groups excluding carboxylic acids is 1. The van der Waals surface area contributed by atoms with E-state index in [2.05, 4.69) is 4.74 Å². The van der Waals surface area contributed by atoms with Gasteiger partial charge in [0.2, 0.25) is 0 Å². The molecule has 23 heavy (non-hydrogen) atoms. The van der Waals surface area contributed by atoms with Gasteiger partial charge in [0.25, 0.3) is 0 Å². The van der Waals surface area contributed by atoms with Crippen molar-refractivity contribution in [2.75, 3.05) is 13.2 Å². The number of esters is 1. The van der Waals surface area contributed by atoms with E-state index >= 15 is 0 Å². The minimum atomic E-state index is -4.54. The van der Waals surface area contributed by atoms with Gasteiger partial charge >= 0.3 is 12.1 Å². The Balaban J connectivity index is 2.14. The maximum Gasteiger partial charge on any atom is 0.422 e. The third-order valence-corrected chi connectivity index (χ3v) is 2.96. The van der Waals surface area contributed by atoms with Crippen LogP contribution in [0.3, 0.4) is 0 Å². The molecule has 0 saturated carbocycles. The summed E-state index contributed by atoms with van der Waals surface area (Å²) >= 11 is 0. The fourth-order valence-electron chi connectivity index (χ4n) is 1.97. The lowest BCUT2D eigenvalue weighted by Gasteiger charge is -2.09. The molecule has 6 heteroatoms. The van der Waals surface area contributed by atoms with Crippen LogP contribution < -0.4 is 4.74 Å². The smallest absolute Gasteiger partial charge is 0.422 e. The van der Waals surface area contributed by atoms with Gasteiger partial charge in [-0.15, -0.1) is 0 Å². The van der Waals surface area contributed by atoms with E-state index in [4.69, 9.17) is 4.74 Å². The molecule has 0 radical (unpaired) electrons. The Bertz CT molecular complexity index is 664. The van der Waals surface area contributed by atoms with Crippen molar-refractivity contribution in [2.24, 2.45) is 0 Å². The average Bonchev–Trinajstić information content (AvgIpc) is 2.53. The molecule has 2 rings (SSSR count). The second kappa shape index (κ2) is 7.17. The van der Waals surface area contributed by atoms with Gasteiger partial charge in [-0.25, -0.2) is 4.79 Å². The second-order valence-electron chi connectivity index (χ2n) is 4.73. The normalized spacial score (nSPS) is 11.1. The second-order valence-corrected chi connectivity index (χ2v) is 4.73. The molecule has 0 aliphatic heterocycles. The highest BCUT2D eigenvalue weighted by molar-refractivity contribution is 5.91. The predicted molar refractivity (Wildman–Crippen MR) is 79.4 cm³/mol. The topological polar surface area (TPSA) is 35.5 Å². The fourth-order valence-corrected chi connectivity index (χ4v) is 1.97. The standard InChI is InChI=1S/C17H15F3O3/c1-2-22-15-8-6-12(7-9-15)13-4-3-5-14(10-13)16(21)23-11-17(18,19)20/h3-10H,2,11H2,1H3. The lowest BCUT2D eigenvalue weighted by Crippen LogP contribution is -2.20. The summed E-state index contributed by atoms with van der Waals surface area (Å²) in [5.41, 5.74) is 1.59. The van der Waals surface area contributed by atoms with Gasteiger partial charge in [0.15, 0.2) is 6.61 Å². The summed E-state index contributed by atoms with van der Waals surface area (Å²) in [6.07, 6.45) is -4.54. The maximum atomic E-state index is 12.1. The van der Waals surface area contributed by atoms with Crippen molar-refractivity contribution >= 4 is 5.97 Å². The Kier molecular flexibility index (Phi) is 5.26. The van der Waals surface area contributed by atoms with Gasteiger partial charge in [-0.2, -0.15) is 13.2 Å². The minimum Gasteiger partial charge on any atom is -0.494 e. The summed E-state index contributed by atoms with van der Waals surface area (Å²) in [7, 11) is 0. The number of ether oxygens (including phenoxy) is 2. The van der Waals surface area contributed by atoms with Crippen LogP contribution in [0.5, 0.6) is 5.75 Å². The van der Waals surface area contributed by atoms with Gasteiger partial charge < -0.3 is 9.47 Å². The van der Waals surface area contributed by atoms with Gasteiger partial charge in [0.05, 0.1) is 12.2 Å². The molecular formula is C17H15F3O3. The highest BCUT2D eigenvalue weighted by Crippen LogP contribution is 2.24. The van der Waals surface area contributed by atoms with Gasteiger partial charge in [-0.1, -0.05) is 24.3 Å². The molecule has 2 aromatic carbocycles. The summed E-state index contributed by atoms with van der Waals surface area (Å²) in [6, 6.07) is 13.5. The van der Waals surface area contributed by atoms with Crippen molar-refractivity contribution in [3.63, 3.8) is 0 Å². The lowest BCUT2D eigenvalue weighted by molar-refractivity contribution is -0.161. The highest BCUT2D eigenvalue weighted by Gasteiger charge is 2.29. The summed E-state index contributed by atoms with van der Waals surface area (Å²) in [4.78, 5) is 11.7. The molecule has 0 aliphatic rings. The summed E-state index contributed by atoms with van der Waals surface area (Å²) < 4.78 is 45.9. The van der Waals surface area contributed by atoms with Crippen molar-refractivity contribution in [1.82, 2.24) is 0 Å². The zero-order valence-corrected chi connectivity index (χ0v) is 12.4. The largest absolute Gasteiger partial charge is 0.494 e. The zero-order chi connectivity index (χ0) is 16.9. The molecular weight excluding hydrogens is 309 g/mol. The number of carbonyl (C=O) groups is 1. The molecule has 0 unspecified atom stereocenters. The van der Waals surface area contributed by atoms with E-state index in [0.717, 1.165) is 11.3 Å². The first-order valence-electron chi connectivity index (χ1n) is 6.96. The van der Waals surface area contributed by atoms with Crippen molar-refractivity contribution in [3.05, 3.63) is 54.1 Å². The molecule has 0 heterocycles. The van der Waals surface area contributed by atoms with Crippen molar-refractivity contribution < 1.29 is 27.4 Å². The van der Waals surface area contributed by atoms with E-state index in [1.165, 1.54) is 12.1 Å². The molecule has 0 bridgehead atoms. The zero-order valence-electron chi connectivity index (χ0n) is 12.4. The van der Waals surface area contributed by atoms with Crippen LogP contribution in [0.4, 0.5) is 13.2 Å². The number of alkyl halides is 3. The van der Waals surface area contributed by atoms with E-state index in [1.54, 1.807) is 24.3 Å². The average molecular weight is 324 g/mol. The Hall–Kier alpha value is -2.50. The first kappa shape index (κ1) is 16.9. The van der Waals surface area contributed by atoms with Crippen molar-refractivity contribution in [3.8, 4) is 16.9 Å². The summed E-state index contributed by atoms with van der Waals surface area (Å²) in [5.74, 6) is -0.285. The van der Waals surface area contributed by atoms with Crippen LogP contribution in [0.1, 0.15) is 17.3 Å². The van der Waals surface area contributed by atoms with E-state index in [9.17, 15) is 18.0 Å². The van der Waals surface area contributed by atoms with E-state index in [-0.39, 0.29) is 5.56 Å². The SMILES string of the molecule is CCOc1ccc(-c2cccc(C(=O)OCC(F)(F)F)c2)cc1. The number of hydrogen-bond acceptors (Lipinski definition) is 3. The van der Waals surface area contributed by atoms with Crippen LogP contribution in [0.15, 0.2) is 48.5 Å². The third kappa shape index (κ3) is 5.02. The van der Waals surface area contributed by atoms with Gasteiger partial charge in [0.1, 0.15) is 5.75 Å². The molecule has 2 aromatic rings. The van der Waals surface area contributed by atoms with Crippen molar-refractivity contribution in [2.45, 2.75) is 13.1 Å². The fraction of sp³-hybridized carbons (Fsp3) is 0.235. The predicted octanol–water partition coefficient (Wildman–Crippen LogP) is 4.47. The first-order chi connectivity index (χ1) is 10.9. The van der Waals surface area contributed by atoms with E-state index < -0.39 is 18.8 Å². The first-order valence-corrected chi connectivity index (χ1v) is 6.96. The Morgan fingerprint density at radius 2 is 1.74 bits per heavy atom. The molecule has 0 aromatic heterocycles. The van der Waals surface area contributed by atoms with Gasteiger partial charge in [0, 0.05) is 0 Å². The number of hydrogen-bond donors (Lipinski definition) is 0. The third-order valence-electron chi connectivity index (χ3n) is 2.96. The van der Waals surface area contributed by atoms with Crippen LogP contribution in [0.2, 0.25) is 0 Å². The van der Waals surface area contributed by atoms with Crippen LogP contribution in [0.25, 0.3) is 11.1 Å². The van der Waals surface area contributed by atoms with Crippen LogP contribution in [0, 0.1) is 0 Å². The molecule has 0 spiro atoms. The quantitative estimate of drug-likeness (QED) is 0.761. The molecule has 0 saturated heterocycles. The van der Waals surface area contributed by atoms with Crippen LogP contribution >= 0.6 is 0 Å².